The molecule has 1 aromatic rings. The number of ether oxygens (including phenoxy) is 1. The van der Waals surface area contributed by atoms with Crippen LogP contribution in [0.1, 0.15) is 49.8 Å². The van der Waals surface area contributed by atoms with Gasteiger partial charge in [0.2, 0.25) is 0 Å². The van der Waals surface area contributed by atoms with Gasteiger partial charge in [0.1, 0.15) is 15.6 Å². The minimum Gasteiger partial charge on any atom is -0.490 e. The Kier molecular flexibility index (Phi) is 4.94. The van der Waals surface area contributed by atoms with Gasteiger partial charge >= 0.3 is 0 Å². The quantitative estimate of drug-likeness (QED) is 0.928. The van der Waals surface area contributed by atoms with Crippen LogP contribution >= 0.6 is 0 Å². The molecule has 4 nitrogen and oxygen atoms in total. The van der Waals surface area contributed by atoms with Gasteiger partial charge in [0.15, 0.2) is 0 Å². The van der Waals surface area contributed by atoms with E-state index in [0.29, 0.717) is 12.2 Å². The van der Waals surface area contributed by atoms with Gasteiger partial charge in [0, 0.05) is 18.2 Å². The molecule has 118 valence electrons. The monoisotopic (exact) mass is 312 g/mol. The van der Waals surface area contributed by atoms with Crippen molar-refractivity contribution in [3.8, 4) is 5.75 Å². The van der Waals surface area contributed by atoms with Gasteiger partial charge in [0.05, 0.1) is 17.5 Å². The molecule has 3 atom stereocenters. The first-order valence-corrected chi connectivity index (χ1v) is 9.37. The summed E-state index contributed by atoms with van der Waals surface area (Å²) in [5, 5.41) is 9.56. The van der Waals surface area contributed by atoms with Crippen molar-refractivity contribution in [1.29, 1.82) is 0 Å². The molecule has 1 N–H and O–H groups in total. The van der Waals surface area contributed by atoms with E-state index in [4.69, 9.17) is 4.74 Å². The lowest BCUT2D eigenvalue weighted by Gasteiger charge is -2.29. The van der Waals surface area contributed by atoms with Crippen LogP contribution in [0.4, 0.5) is 0 Å². The van der Waals surface area contributed by atoms with Crippen molar-refractivity contribution in [2.45, 2.75) is 57.0 Å². The second-order valence-electron chi connectivity index (χ2n) is 6.08. The van der Waals surface area contributed by atoms with E-state index in [1.165, 1.54) is 6.26 Å². The SMILES string of the molecule is Cc1ccc(OC2CCCC(S(C)(=O)=O)C2)c(C(C)O)c1. The second kappa shape index (κ2) is 6.36. The van der Waals surface area contributed by atoms with Crippen molar-refractivity contribution in [2.24, 2.45) is 0 Å². The normalized spacial score (nSPS) is 24.6. The summed E-state index contributed by atoms with van der Waals surface area (Å²) in [4.78, 5) is 0. The molecule has 0 bridgehead atoms. The molecule has 1 fully saturated rings. The number of hydrogen-bond acceptors (Lipinski definition) is 4. The third kappa shape index (κ3) is 4.20. The third-order valence-corrected chi connectivity index (χ3v) is 5.73. The summed E-state index contributed by atoms with van der Waals surface area (Å²) in [7, 11) is -3.01. The number of rotatable bonds is 4. The number of sulfone groups is 1. The van der Waals surface area contributed by atoms with Gasteiger partial charge in [-0.2, -0.15) is 0 Å². The Labute approximate surface area is 127 Å². The molecule has 0 saturated heterocycles. The van der Waals surface area contributed by atoms with Gasteiger partial charge in [-0.25, -0.2) is 8.42 Å². The minimum atomic E-state index is -3.01. The fourth-order valence-electron chi connectivity index (χ4n) is 2.88. The maximum absolute atomic E-state index is 11.7. The zero-order valence-corrected chi connectivity index (χ0v) is 13.7. The molecule has 1 aromatic carbocycles. The highest BCUT2D eigenvalue weighted by Gasteiger charge is 2.30. The smallest absolute Gasteiger partial charge is 0.150 e. The highest BCUT2D eigenvalue weighted by Crippen LogP contribution is 2.31. The zero-order valence-electron chi connectivity index (χ0n) is 12.9. The van der Waals surface area contributed by atoms with Gasteiger partial charge in [-0.05, 0) is 45.2 Å². The first-order valence-electron chi connectivity index (χ1n) is 7.41. The molecule has 21 heavy (non-hydrogen) atoms. The number of benzene rings is 1. The van der Waals surface area contributed by atoms with Gasteiger partial charge < -0.3 is 9.84 Å². The Morgan fingerprint density at radius 2 is 2.05 bits per heavy atom. The van der Waals surface area contributed by atoms with Crippen LogP contribution in [0.3, 0.4) is 0 Å². The number of hydrogen-bond donors (Lipinski definition) is 1. The zero-order chi connectivity index (χ0) is 15.6. The van der Waals surface area contributed by atoms with E-state index in [1.807, 2.05) is 25.1 Å². The van der Waals surface area contributed by atoms with Crippen molar-refractivity contribution < 1.29 is 18.3 Å². The predicted octanol–water partition coefficient (Wildman–Crippen LogP) is 2.78. The summed E-state index contributed by atoms with van der Waals surface area (Å²) in [6, 6.07) is 5.72. The summed E-state index contributed by atoms with van der Waals surface area (Å²) in [6.45, 7) is 3.68. The van der Waals surface area contributed by atoms with E-state index >= 15 is 0 Å². The highest BCUT2D eigenvalue weighted by molar-refractivity contribution is 7.91. The van der Waals surface area contributed by atoms with Gasteiger partial charge in [-0.1, -0.05) is 11.6 Å². The Balaban J connectivity index is 2.15. The van der Waals surface area contributed by atoms with Crippen LogP contribution in [0.25, 0.3) is 0 Å². The Morgan fingerprint density at radius 1 is 1.33 bits per heavy atom. The number of aliphatic hydroxyl groups is 1. The predicted molar refractivity (Wildman–Crippen MR) is 83.3 cm³/mol. The summed E-state index contributed by atoms with van der Waals surface area (Å²) in [5.74, 6) is 0.662. The number of aliphatic hydroxyl groups excluding tert-OH is 1. The van der Waals surface area contributed by atoms with Crippen LogP contribution in [-0.4, -0.2) is 31.1 Å². The van der Waals surface area contributed by atoms with Crippen molar-refractivity contribution in [2.75, 3.05) is 6.26 Å². The Morgan fingerprint density at radius 3 is 2.67 bits per heavy atom. The minimum absolute atomic E-state index is 0.0984. The van der Waals surface area contributed by atoms with Crippen LogP contribution in [0.15, 0.2) is 18.2 Å². The summed E-state index contributed by atoms with van der Waals surface area (Å²) in [6.07, 6.45) is 3.57. The molecule has 2 rings (SSSR count). The van der Waals surface area contributed by atoms with E-state index in [9.17, 15) is 13.5 Å². The molecule has 5 heteroatoms. The average Bonchev–Trinajstić information content (AvgIpc) is 2.40. The first-order chi connectivity index (χ1) is 9.77. The highest BCUT2D eigenvalue weighted by atomic mass is 32.2. The second-order valence-corrected chi connectivity index (χ2v) is 8.40. The molecule has 0 spiro atoms. The van der Waals surface area contributed by atoms with E-state index in [1.54, 1.807) is 6.92 Å². The summed E-state index contributed by atoms with van der Waals surface area (Å²) < 4.78 is 29.4. The molecular weight excluding hydrogens is 288 g/mol. The van der Waals surface area contributed by atoms with Gasteiger partial charge in [-0.15, -0.1) is 0 Å². The molecule has 1 aliphatic carbocycles. The molecule has 3 unspecified atom stereocenters. The van der Waals surface area contributed by atoms with E-state index in [-0.39, 0.29) is 11.4 Å². The molecular formula is C16H24O4S. The molecule has 0 heterocycles. The van der Waals surface area contributed by atoms with Crippen LogP contribution in [0.5, 0.6) is 5.75 Å². The van der Waals surface area contributed by atoms with Crippen molar-refractivity contribution in [3.05, 3.63) is 29.3 Å². The fraction of sp³-hybridized carbons (Fsp3) is 0.625. The molecule has 0 aliphatic heterocycles. The van der Waals surface area contributed by atoms with E-state index in [2.05, 4.69) is 0 Å². The maximum atomic E-state index is 11.7. The van der Waals surface area contributed by atoms with Gasteiger partial charge in [0.25, 0.3) is 0 Å². The molecule has 0 aromatic heterocycles. The van der Waals surface area contributed by atoms with Crippen LogP contribution in [-0.2, 0) is 9.84 Å². The average molecular weight is 312 g/mol. The lowest BCUT2D eigenvalue weighted by atomic mass is 9.97. The standard InChI is InChI=1S/C16H24O4S/c1-11-7-8-16(15(9-11)12(2)17)20-13-5-4-6-14(10-13)21(3,18)19/h7-9,12-14,17H,4-6,10H2,1-3H3. The van der Waals surface area contributed by atoms with Crippen molar-refractivity contribution >= 4 is 9.84 Å². The van der Waals surface area contributed by atoms with Crippen molar-refractivity contribution in [3.63, 3.8) is 0 Å². The van der Waals surface area contributed by atoms with E-state index in [0.717, 1.165) is 30.4 Å². The number of aryl methyl sites for hydroxylation is 1. The molecule has 0 amide bonds. The van der Waals surface area contributed by atoms with E-state index < -0.39 is 15.9 Å². The van der Waals surface area contributed by atoms with Crippen LogP contribution in [0, 0.1) is 6.92 Å². The summed E-state index contributed by atoms with van der Waals surface area (Å²) in [5.41, 5.74) is 1.83. The van der Waals surface area contributed by atoms with Crippen molar-refractivity contribution in [1.82, 2.24) is 0 Å². The molecule has 1 saturated carbocycles. The maximum Gasteiger partial charge on any atom is 0.150 e. The largest absolute Gasteiger partial charge is 0.490 e. The third-order valence-electron chi connectivity index (χ3n) is 4.09. The molecule has 1 aliphatic rings. The van der Waals surface area contributed by atoms with Gasteiger partial charge in [-0.3, -0.25) is 0 Å². The van der Waals surface area contributed by atoms with Crippen LogP contribution in [0.2, 0.25) is 0 Å². The lowest BCUT2D eigenvalue weighted by Crippen LogP contribution is -2.33. The topological polar surface area (TPSA) is 63.6 Å². The Hall–Kier alpha value is -1.07. The Bertz CT molecular complexity index is 592. The lowest BCUT2D eigenvalue weighted by molar-refractivity contribution is 0.143. The first kappa shape index (κ1) is 16.3. The summed E-state index contributed by atoms with van der Waals surface area (Å²) >= 11 is 0. The molecule has 0 radical (unpaired) electrons. The van der Waals surface area contributed by atoms with Crippen LogP contribution < -0.4 is 4.74 Å². The fourth-order valence-corrected chi connectivity index (χ4v) is 4.04.